The molecule has 26 heavy (non-hydrogen) atoms. The van der Waals surface area contributed by atoms with Crippen molar-refractivity contribution < 1.29 is 13.9 Å². The zero-order chi connectivity index (χ0) is 18.1. The van der Waals surface area contributed by atoms with Crippen molar-refractivity contribution in [3.63, 3.8) is 0 Å². The molecule has 4 nitrogen and oxygen atoms in total. The van der Waals surface area contributed by atoms with Gasteiger partial charge in [0.1, 0.15) is 11.3 Å². The van der Waals surface area contributed by atoms with E-state index in [4.69, 9.17) is 9.15 Å². The molecule has 1 aromatic heterocycles. The van der Waals surface area contributed by atoms with E-state index in [1.54, 1.807) is 25.1 Å². The molecule has 1 aliphatic rings. The maximum atomic E-state index is 12.5. The molecule has 0 aliphatic heterocycles. The highest BCUT2D eigenvalue weighted by Crippen LogP contribution is 2.29. The highest BCUT2D eigenvalue weighted by atomic mass is 16.5. The lowest BCUT2D eigenvalue weighted by molar-refractivity contribution is 0.0818. The molecule has 132 valence electrons. The number of ether oxygens (including phenoxy) is 1. The molecule has 4 rings (SSSR count). The Labute approximate surface area is 151 Å². The van der Waals surface area contributed by atoms with Gasteiger partial charge in [0.05, 0.1) is 0 Å². The van der Waals surface area contributed by atoms with Crippen LogP contribution in [0.2, 0.25) is 0 Å². The Balaban J connectivity index is 1.64. The number of aryl methyl sites for hydroxylation is 1. The lowest BCUT2D eigenvalue weighted by Crippen LogP contribution is -2.23. The third-order valence-electron chi connectivity index (χ3n) is 4.94. The van der Waals surface area contributed by atoms with Crippen molar-refractivity contribution in [2.75, 3.05) is 0 Å². The molecule has 1 aliphatic carbocycles. The van der Waals surface area contributed by atoms with Gasteiger partial charge < -0.3 is 9.15 Å². The second kappa shape index (κ2) is 6.79. The van der Waals surface area contributed by atoms with E-state index in [-0.39, 0.29) is 11.4 Å². The summed E-state index contributed by atoms with van der Waals surface area (Å²) in [6.07, 6.45) is 3.18. The van der Waals surface area contributed by atoms with E-state index in [1.807, 2.05) is 30.3 Å². The molecule has 0 N–H and O–H groups in total. The predicted molar refractivity (Wildman–Crippen MR) is 100.0 cm³/mol. The SMILES string of the molecule is CC(Oc1ccc2c3c(c(=O)oc2c1)CCCC3)C(=O)c1ccccc1. The zero-order valence-electron chi connectivity index (χ0n) is 14.7. The van der Waals surface area contributed by atoms with Gasteiger partial charge in [-0.3, -0.25) is 4.79 Å². The van der Waals surface area contributed by atoms with E-state index >= 15 is 0 Å². The predicted octanol–water partition coefficient (Wildman–Crippen LogP) is 4.32. The first-order chi connectivity index (χ1) is 12.6. The van der Waals surface area contributed by atoms with Crippen molar-refractivity contribution in [1.82, 2.24) is 0 Å². The van der Waals surface area contributed by atoms with Crippen molar-refractivity contribution >= 4 is 16.8 Å². The normalized spacial score (nSPS) is 14.7. The highest BCUT2D eigenvalue weighted by molar-refractivity contribution is 5.99. The monoisotopic (exact) mass is 348 g/mol. The average molecular weight is 348 g/mol. The molecule has 3 aromatic rings. The topological polar surface area (TPSA) is 56.5 Å². The van der Waals surface area contributed by atoms with Crippen LogP contribution >= 0.6 is 0 Å². The number of ketones is 1. The number of hydrogen-bond acceptors (Lipinski definition) is 4. The summed E-state index contributed by atoms with van der Waals surface area (Å²) in [5.74, 6) is 0.436. The van der Waals surface area contributed by atoms with Crippen LogP contribution in [0.1, 0.15) is 41.3 Å². The van der Waals surface area contributed by atoms with Crippen LogP contribution < -0.4 is 10.4 Å². The minimum Gasteiger partial charge on any atom is -0.482 e. The van der Waals surface area contributed by atoms with Crippen LogP contribution in [0, 0.1) is 0 Å². The van der Waals surface area contributed by atoms with E-state index in [9.17, 15) is 9.59 Å². The standard InChI is InChI=1S/C22H20O4/c1-14(21(23)15-7-3-2-4-8-15)25-16-11-12-18-17-9-5-6-10-19(17)22(24)26-20(18)13-16/h2-4,7-8,11-14H,5-6,9-10H2,1H3. The second-order valence-electron chi connectivity index (χ2n) is 6.70. The van der Waals surface area contributed by atoms with Gasteiger partial charge in [0.15, 0.2) is 6.10 Å². The quantitative estimate of drug-likeness (QED) is 0.520. The van der Waals surface area contributed by atoms with Crippen LogP contribution in [0.5, 0.6) is 5.75 Å². The molecule has 1 unspecified atom stereocenters. The minimum absolute atomic E-state index is 0.0856. The van der Waals surface area contributed by atoms with Gasteiger partial charge in [0.2, 0.25) is 5.78 Å². The van der Waals surface area contributed by atoms with Crippen LogP contribution in [-0.4, -0.2) is 11.9 Å². The third kappa shape index (κ3) is 3.03. The Kier molecular flexibility index (Phi) is 4.33. The molecule has 0 amide bonds. The smallest absolute Gasteiger partial charge is 0.339 e. The molecule has 0 fully saturated rings. The molecule has 1 heterocycles. The highest BCUT2D eigenvalue weighted by Gasteiger charge is 2.20. The molecule has 0 bridgehead atoms. The van der Waals surface area contributed by atoms with Crippen molar-refractivity contribution in [1.29, 1.82) is 0 Å². The first-order valence-electron chi connectivity index (χ1n) is 8.98. The fourth-order valence-electron chi connectivity index (χ4n) is 3.59. The molecular weight excluding hydrogens is 328 g/mol. The fraction of sp³-hybridized carbons (Fsp3) is 0.273. The minimum atomic E-state index is -0.626. The lowest BCUT2D eigenvalue weighted by atomic mass is 9.91. The molecule has 0 saturated heterocycles. The van der Waals surface area contributed by atoms with Crippen molar-refractivity contribution in [3.05, 3.63) is 75.6 Å². The maximum absolute atomic E-state index is 12.5. The molecule has 0 radical (unpaired) electrons. The number of carbonyl (C=O) groups is 1. The van der Waals surface area contributed by atoms with Crippen molar-refractivity contribution in [2.24, 2.45) is 0 Å². The Morgan fingerprint density at radius 3 is 2.54 bits per heavy atom. The third-order valence-corrected chi connectivity index (χ3v) is 4.94. The number of fused-ring (bicyclic) bond motifs is 3. The first-order valence-corrected chi connectivity index (χ1v) is 8.98. The summed E-state index contributed by atoms with van der Waals surface area (Å²) in [5.41, 5.74) is 2.79. The van der Waals surface area contributed by atoms with Gasteiger partial charge in [-0.05, 0) is 50.3 Å². The van der Waals surface area contributed by atoms with Gasteiger partial charge in [0.25, 0.3) is 0 Å². The van der Waals surface area contributed by atoms with E-state index in [1.165, 1.54) is 0 Å². The van der Waals surface area contributed by atoms with Crippen LogP contribution in [0.25, 0.3) is 11.0 Å². The van der Waals surface area contributed by atoms with Crippen LogP contribution in [-0.2, 0) is 12.8 Å². The fourth-order valence-corrected chi connectivity index (χ4v) is 3.59. The van der Waals surface area contributed by atoms with Gasteiger partial charge >= 0.3 is 5.63 Å². The van der Waals surface area contributed by atoms with Gasteiger partial charge in [-0.25, -0.2) is 4.79 Å². The largest absolute Gasteiger partial charge is 0.482 e. The van der Waals surface area contributed by atoms with E-state index in [2.05, 4.69) is 0 Å². The molecular formula is C22H20O4. The number of carbonyl (C=O) groups excluding carboxylic acids is 1. The maximum Gasteiger partial charge on any atom is 0.339 e. The summed E-state index contributed by atoms with van der Waals surface area (Å²) >= 11 is 0. The van der Waals surface area contributed by atoms with E-state index in [0.717, 1.165) is 42.2 Å². The van der Waals surface area contributed by atoms with Gasteiger partial charge in [0, 0.05) is 22.6 Å². The molecule has 4 heteroatoms. The summed E-state index contributed by atoms with van der Waals surface area (Å²) in [4.78, 5) is 24.7. The first kappa shape index (κ1) is 16.6. The van der Waals surface area contributed by atoms with Gasteiger partial charge in [-0.15, -0.1) is 0 Å². The molecule has 1 atom stereocenters. The molecule has 0 saturated carbocycles. The Morgan fingerprint density at radius 2 is 1.77 bits per heavy atom. The Bertz CT molecular complexity index is 1020. The van der Waals surface area contributed by atoms with Crippen LogP contribution in [0.15, 0.2) is 57.7 Å². The lowest BCUT2D eigenvalue weighted by Gasteiger charge is -2.17. The van der Waals surface area contributed by atoms with Gasteiger partial charge in [-0.2, -0.15) is 0 Å². The summed E-state index contributed by atoms with van der Waals surface area (Å²) in [7, 11) is 0. The number of rotatable bonds is 4. The average Bonchev–Trinajstić information content (AvgIpc) is 2.68. The Morgan fingerprint density at radius 1 is 1.04 bits per heavy atom. The van der Waals surface area contributed by atoms with Crippen molar-refractivity contribution in [3.8, 4) is 5.75 Å². The van der Waals surface area contributed by atoms with Crippen molar-refractivity contribution in [2.45, 2.75) is 38.7 Å². The molecule has 0 spiro atoms. The number of benzene rings is 2. The van der Waals surface area contributed by atoms with E-state index < -0.39 is 6.10 Å². The molecule has 2 aromatic carbocycles. The zero-order valence-corrected chi connectivity index (χ0v) is 14.7. The van der Waals surface area contributed by atoms with Crippen LogP contribution in [0.4, 0.5) is 0 Å². The summed E-state index contributed by atoms with van der Waals surface area (Å²) in [6, 6.07) is 14.5. The number of hydrogen-bond donors (Lipinski definition) is 0. The summed E-state index contributed by atoms with van der Waals surface area (Å²) < 4.78 is 11.3. The Hall–Kier alpha value is -2.88. The summed E-state index contributed by atoms with van der Waals surface area (Å²) in [6.45, 7) is 1.72. The summed E-state index contributed by atoms with van der Waals surface area (Å²) in [5, 5.41) is 0.966. The van der Waals surface area contributed by atoms with Gasteiger partial charge in [-0.1, -0.05) is 30.3 Å². The van der Waals surface area contributed by atoms with Crippen LogP contribution in [0.3, 0.4) is 0 Å². The number of Topliss-reactive ketones (excluding diaryl/α,β-unsaturated/α-hetero) is 1. The second-order valence-corrected chi connectivity index (χ2v) is 6.70. The van der Waals surface area contributed by atoms with E-state index in [0.29, 0.717) is 16.9 Å².